The predicted molar refractivity (Wildman–Crippen MR) is 87.1 cm³/mol. The van der Waals surface area contributed by atoms with Gasteiger partial charge in [-0.1, -0.05) is 69.4 Å². The van der Waals surface area contributed by atoms with Gasteiger partial charge in [-0.05, 0) is 18.1 Å². The third kappa shape index (κ3) is 12.3. The molecule has 1 aromatic carbocycles. The SMILES string of the molecule is CCCCCCCCOC(=O)C(=Cc1ccccc1)OC.[O-2].[O-2].[Ti+4]. The van der Waals surface area contributed by atoms with Crippen LogP contribution in [0.3, 0.4) is 0 Å². The minimum Gasteiger partial charge on any atom is -2.00 e. The van der Waals surface area contributed by atoms with Crippen molar-refractivity contribution in [3.63, 3.8) is 0 Å². The Labute approximate surface area is 159 Å². The molecule has 1 rings (SSSR count). The van der Waals surface area contributed by atoms with E-state index in [0.717, 1.165) is 18.4 Å². The van der Waals surface area contributed by atoms with E-state index in [-0.39, 0.29) is 38.4 Å². The molecule has 0 aliphatic rings. The Morgan fingerprint density at radius 1 is 1.00 bits per heavy atom. The van der Waals surface area contributed by atoms with E-state index in [1.165, 1.54) is 32.8 Å². The molecule has 0 heterocycles. The molecular formula is C18H26O5Ti. The summed E-state index contributed by atoms with van der Waals surface area (Å²) >= 11 is 0. The molecule has 0 aromatic heterocycles. The van der Waals surface area contributed by atoms with Crippen LogP contribution in [0.5, 0.6) is 0 Å². The number of unbranched alkanes of at least 4 members (excludes halogenated alkanes) is 5. The molecule has 0 N–H and O–H groups in total. The average Bonchev–Trinajstić information content (AvgIpc) is 2.52. The van der Waals surface area contributed by atoms with Crippen LogP contribution < -0.4 is 0 Å². The zero-order valence-electron chi connectivity index (χ0n) is 14.5. The number of carbonyl (C=O) groups is 1. The number of carbonyl (C=O) groups excluding carboxylic acids is 1. The summed E-state index contributed by atoms with van der Waals surface area (Å²) in [6.07, 6.45) is 8.73. The van der Waals surface area contributed by atoms with Crippen LogP contribution in [0.1, 0.15) is 51.0 Å². The number of benzene rings is 1. The smallest absolute Gasteiger partial charge is 2.00 e. The molecule has 5 nitrogen and oxygen atoms in total. The van der Waals surface area contributed by atoms with E-state index in [4.69, 9.17) is 9.47 Å². The van der Waals surface area contributed by atoms with Crippen LogP contribution in [0, 0.1) is 0 Å². The molecule has 0 unspecified atom stereocenters. The van der Waals surface area contributed by atoms with Gasteiger partial charge in [0.2, 0.25) is 5.76 Å². The van der Waals surface area contributed by atoms with E-state index in [1.54, 1.807) is 6.08 Å². The van der Waals surface area contributed by atoms with Gasteiger partial charge >= 0.3 is 27.7 Å². The maximum Gasteiger partial charge on any atom is 4.00 e. The molecule has 1 aromatic rings. The first-order valence-electron chi connectivity index (χ1n) is 7.75. The van der Waals surface area contributed by atoms with E-state index < -0.39 is 5.97 Å². The Balaban J connectivity index is -0.00000147. The Bertz CT molecular complexity index is 434. The Kier molecular flexibility index (Phi) is 21.0. The van der Waals surface area contributed by atoms with E-state index >= 15 is 0 Å². The van der Waals surface area contributed by atoms with E-state index in [9.17, 15) is 4.79 Å². The maximum absolute atomic E-state index is 11.9. The first kappa shape index (κ1) is 27.7. The number of methoxy groups -OCH3 is 1. The van der Waals surface area contributed by atoms with Crippen LogP contribution >= 0.6 is 0 Å². The zero-order valence-corrected chi connectivity index (χ0v) is 16.0. The van der Waals surface area contributed by atoms with Crippen LogP contribution in [-0.4, -0.2) is 19.7 Å². The molecule has 0 radical (unpaired) electrons. The normalized spacial score (nSPS) is 9.83. The largest absolute Gasteiger partial charge is 4.00 e. The van der Waals surface area contributed by atoms with Gasteiger partial charge < -0.3 is 20.4 Å². The molecule has 132 valence electrons. The number of esters is 1. The molecule has 0 saturated heterocycles. The molecule has 0 fully saturated rings. The fourth-order valence-corrected chi connectivity index (χ4v) is 2.02. The van der Waals surface area contributed by atoms with Crippen LogP contribution in [-0.2, 0) is 46.9 Å². The Morgan fingerprint density at radius 2 is 1.58 bits per heavy atom. The molecule has 6 heteroatoms. The summed E-state index contributed by atoms with van der Waals surface area (Å²) < 4.78 is 10.4. The molecular weight excluding hydrogens is 344 g/mol. The number of ether oxygens (including phenoxy) is 2. The summed E-state index contributed by atoms with van der Waals surface area (Å²) in [4.78, 5) is 11.9. The van der Waals surface area contributed by atoms with Crippen molar-refractivity contribution < 1.29 is 46.9 Å². The average molecular weight is 370 g/mol. The second-order valence-corrected chi connectivity index (χ2v) is 5.03. The molecule has 0 aliphatic heterocycles. The monoisotopic (exact) mass is 370 g/mol. The van der Waals surface area contributed by atoms with Gasteiger partial charge in [0.05, 0.1) is 13.7 Å². The maximum atomic E-state index is 11.9. The van der Waals surface area contributed by atoms with Crippen molar-refractivity contribution in [1.29, 1.82) is 0 Å². The number of hydrogen-bond donors (Lipinski definition) is 0. The van der Waals surface area contributed by atoms with Crippen molar-refractivity contribution in [1.82, 2.24) is 0 Å². The van der Waals surface area contributed by atoms with Gasteiger partial charge in [0.15, 0.2) is 0 Å². The van der Waals surface area contributed by atoms with Crippen molar-refractivity contribution in [2.45, 2.75) is 45.4 Å². The van der Waals surface area contributed by atoms with Gasteiger partial charge in [0.1, 0.15) is 0 Å². The first-order valence-corrected chi connectivity index (χ1v) is 7.75. The fourth-order valence-electron chi connectivity index (χ4n) is 2.02. The van der Waals surface area contributed by atoms with Crippen molar-refractivity contribution in [3.8, 4) is 0 Å². The van der Waals surface area contributed by atoms with Crippen LogP contribution in [0.25, 0.3) is 6.08 Å². The van der Waals surface area contributed by atoms with Gasteiger partial charge in [0, 0.05) is 0 Å². The van der Waals surface area contributed by atoms with Crippen molar-refractivity contribution >= 4 is 12.0 Å². The Morgan fingerprint density at radius 3 is 2.17 bits per heavy atom. The molecule has 0 saturated carbocycles. The summed E-state index contributed by atoms with van der Waals surface area (Å²) in [7, 11) is 1.49. The van der Waals surface area contributed by atoms with E-state index in [2.05, 4.69) is 6.92 Å². The van der Waals surface area contributed by atoms with Gasteiger partial charge in [-0.3, -0.25) is 0 Å². The van der Waals surface area contributed by atoms with Crippen molar-refractivity contribution in [2.24, 2.45) is 0 Å². The van der Waals surface area contributed by atoms with Gasteiger partial charge in [-0.25, -0.2) is 4.79 Å². The molecule has 0 aliphatic carbocycles. The topological polar surface area (TPSA) is 92.5 Å². The molecule has 0 atom stereocenters. The molecule has 0 amide bonds. The molecule has 0 spiro atoms. The second-order valence-electron chi connectivity index (χ2n) is 5.03. The summed E-state index contributed by atoms with van der Waals surface area (Å²) in [6, 6.07) is 9.60. The summed E-state index contributed by atoms with van der Waals surface area (Å²) in [5.41, 5.74) is 0.922. The predicted octanol–water partition coefficient (Wildman–Crippen LogP) is 4.34. The Hall–Kier alpha value is -1.14. The van der Waals surface area contributed by atoms with Crippen LogP contribution in [0.4, 0.5) is 0 Å². The van der Waals surface area contributed by atoms with Gasteiger partial charge in [0.25, 0.3) is 0 Å². The van der Waals surface area contributed by atoms with Crippen LogP contribution in [0.2, 0.25) is 0 Å². The molecule has 0 bridgehead atoms. The summed E-state index contributed by atoms with van der Waals surface area (Å²) in [5, 5.41) is 0. The minimum atomic E-state index is -0.394. The first-order chi connectivity index (χ1) is 10.3. The van der Waals surface area contributed by atoms with Gasteiger partial charge in [-0.2, -0.15) is 0 Å². The van der Waals surface area contributed by atoms with E-state index in [1.807, 2.05) is 30.3 Å². The fraction of sp³-hybridized carbons (Fsp3) is 0.500. The number of rotatable bonds is 10. The minimum absolute atomic E-state index is 0. The van der Waals surface area contributed by atoms with Crippen LogP contribution in [0.15, 0.2) is 36.1 Å². The quantitative estimate of drug-likeness (QED) is 0.202. The van der Waals surface area contributed by atoms with E-state index in [0.29, 0.717) is 6.61 Å². The summed E-state index contributed by atoms with van der Waals surface area (Å²) in [5.74, 6) is -0.151. The third-order valence-electron chi connectivity index (χ3n) is 3.25. The van der Waals surface area contributed by atoms with Crippen molar-refractivity contribution in [2.75, 3.05) is 13.7 Å². The molecule has 24 heavy (non-hydrogen) atoms. The summed E-state index contributed by atoms with van der Waals surface area (Å²) in [6.45, 7) is 2.66. The van der Waals surface area contributed by atoms with Gasteiger partial charge in [-0.15, -0.1) is 0 Å². The van der Waals surface area contributed by atoms with Crippen molar-refractivity contribution in [3.05, 3.63) is 41.7 Å². The standard InChI is InChI=1S/C18H26O3.2O.Ti/c1-3-4-5-6-7-11-14-21-18(19)17(20-2)15-16-12-9-8-10-13-16;;;/h8-10,12-13,15H,3-7,11,14H2,1-2H3;;;/q;2*-2;+4. The second kappa shape index (κ2) is 18.2. The third-order valence-corrected chi connectivity index (χ3v) is 3.25. The number of hydrogen-bond acceptors (Lipinski definition) is 3. The zero-order chi connectivity index (χ0) is 15.3.